The third-order valence-corrected chi connectivity index (χ3v) is 3.43. The Morgan fingerprint density at radius 1 is 1.42 bits per heavy atom. The van der Waals surface area contributed by atoms with Crippen molar-refractivity contribution in [3.8, 4) is 0 Å². The number of nitrogens with one attached hydrogen (secondary N) is 1. The van der Waals surface area contributed by atoms with E-state index >= 15 is 0 Å². The normalized spacial score (nSPS) is 11.3. The highest BCUT2D eigenvalue weighted by atomic mass is 32.1. The van der Waals surface area contributed by atoms with Crippen LogP contribution in [0.2, 0.25) is 0 Å². The number of hydrogen-bond acceptors (Lipinski definition) is 4. The molecule has 3 heterocycles. The van der Waals surface area contributed by atoms with Gasteiger partial charge in [0.1, 0.15) is 12.2 Å². The molecule has 0 bridgehead atoms. The summed E-state index contributed by atoms with van der Waals surface area (Å²) in [5.41, 5.74) is 2.98. The van der Waals surface area contributed by atoms with Gasteiger partial charge >= 0.3 is 0 Å². The van der Waals surface area contributed by atoms with E-state index in [4.69, 9.17) is 12.2 Å². The molecule has 0 aliphatic rings. The summed E-state index contributed by atoms with van der Waals surface area (Å²) in [5.74, 6) is 0.934. The lowest BCUT2D eigenvalue weighted by atomic mass is 10.3. The van der Waals surface area contributed by atoms with E-state index in [2.05, 4.69) is 26.2 Å². The van der Waals surface area contributed by atoms with Crippen molar-refractivity contribution in [2.75, 3.05) is 0 Å². The van der Waals surface area contributed by atoms with Crippen LogP contribution in [0.4, 0.5) is 0 Å². The van der Waals surface area contributed by atoms with Crippen LogP contribution < -0.4 is 0 Å². The molecule has 3 aromatic rings. The molecule has 0 atom stereocenters. The van der Waals surface area contributed by atoms with Crippen LogP contribution in [0.25, 0.3) is 11.2 Å². The monoisotopic (exact) mass is 274 g/mol. The molecule has 19 heavy (non-hydrogen) atoms. The third-order valence-electron chi connectivity index (χ3n) is 3.11. The molecule has 1 N–H and O–H groups in total. The van der Waals surface area contributed by atoms with Gasteiger partial charge in [-0.1, -0.05) is 0 Å². The maximum Gasteiger partial charge on any atom is 0.179 e. The first kappa shape index (κ1) is 12.0. The summed E-state index contributed by atoms with van der Waals surface area (Å²) in [7, 11) is 1.94. The first-order chi connectivity index (χ1) is 9.15. The Morgan fingerprint density at radius 3 is 3.00 bits per heavy atom. The van der Waals surface area contributed by atoms with Gasteiger partial charge < -0.3 is 14.1 Å². The van der Waals surface area contributed by atoms with E-state index in [1.54, 1.807) is 6.33 Å². The smallest absolute Gasteiger partial charge is 0.179 e. The number of aryl methyl sites for hydroxylation is 4. The number of hydrogen-bond donors (Lipinski definition) is 1. The molecule has 0 spiro atoms. The molecule has 0 saturated carbocycles. The minimum Gasteiger partial charge on any atom is -0.329 e. The third kappa shape index (κ3) is 2.17. The average Bonchev–Trinajstić information content (AvgIpc) is 2.90. The topological polar surface area (TPSA) is 64.3 Å². The van der Waals surface area contributed by atoms with Crippen LogP contribution in [0, 0.1) is 11.7 Å². The standard InChI is InChI=1S/C12H14N6S/c1-8-5-9-11(13-6-8)18(12(19)15-9)4-3-10-16-14-7-17(10)2/h5-7H,3-4H2,1-2H3,(H,15,19). The summed E-state index contributed by atoms with van der Waals surface area (Å²) in [5, 5.41) is 7.95. The van der Waals surface area contributed by atoms with Gasteiger partial charge in [0.05, 0.1) is 5.52 Å². The minimum atomic E-state index is 0.690. The number of fused-ring (bicyclic) bond motifs is 1. The SMILES string of the molecule is Cc1cnc2c(c1)[nH]c(=S)n2CCc1nncn1C. The zero-order chi connectivity index (χ0) is 13.4. The second kappa shape index (κ2) is 4.58. The molecular formula is C12H14N6S. The first-order valence-electron chi connectivity index (χ1n) is 6.03. The summed E-state index contributed by atoms with van der Waals surface area (Å²) in [4.78, 5) is 7.63. The van der Waals surface area contributed by atoms with Crippen molar-refractivity contribution in [3.05, 3.63) is 34.7 Å². The summed E-state index contributed by atoms with van der Waals surface area (Å²) < 4.78 is 4.60. The summed E-state index contributed by atoms with van der Waals surface area (Å²) in [6.45, 7) is 2.75. The molecule has 0 saturated heterocycles. The fourth-order valence-electron chi connectivity index (χ4n) is 2.10. The molecular weight excluding hydrogens is 260 g/mol. The van der Waals surface area contributed by atoms with Crippen molar-refractivity contribution in [2.45, 2.75) is 19.9 Å². The van der Waals surface area contributed by atoms with Gasteiger partial charge in [0.2, 0.25) is 0 Å². The predicted molar refractivity (Wildman–Crippen MR) is 74.4 cm³/mol. The molecule has 0 fully saturated rings. The Kier molecular flexibility index (Phi) is 2.90. The summed E-state index contributed by atoms with van der Waals surface area (Å²) in [6.07, 6.45) is 4.32. The van der Waals surface area contributed by atoms with E-state index in [0.29, 0.717) is 4.77 Å². The van der Waals surface area contributed by atoms with E-state index in [-0.39, 0.29) is 0 Å². The van der Waals surface area contributed by atoms with E-state index in [1.807, 2.05) is 29.3 Å². The van der Waals surface area contributed by atoms with Crippen LogP contribution in [0.3, 0.4) is 0 Å². The van der Waals surface area contributed by atoms with Crippen molar-refractivity contribution in [1.82, 2.24) is 29.3 Å². The van der Waals surface area contributed by atoms with E-state index in [9.17, 15) is 0 Å². The zero-order valence-corrected chi connectivity index (χ0v) is 11.6. The molecule has 3 aromatic heterocycles. The molecule has 0 aliphatic heterocycles. The largest absolute Gasteiger partial charge is 0.329 e. The maximum atomic E-state index is 5.35. The number of aromatic nitrogens is 6. The van der Waals surface area contributed by atoms with Gasteiger partial charge in [-0.25, -0.2) is 4.98 Å². The van der Waals surface area contributed by atoms with Crippen LogP contribution in [-0.2, 0) is 20.0 Å². The predicted octanol–water partition coefficient (Wildman–Crippen LogP) is 1.77. The Balaban J connectivity index is 1.95. The number of aromatic amines is 1. The number of pyridine rings is 1. The molecule has 0 aliphatic carbocycles. The minimum absolute atomic E-state index is 0.690. The van der Waals surface area contributed by atoms with E-state index in [1.165, 1.54) is 0 Å². The lowest BCUT2D eigenvalue weighted by Crippen LogP contribution is -2.06. The second-order valence-electron chi connectivity index (χ2n) is 4.57. The Morgan fingerprint density at radius 2 is 2.26 bits per heavy atom. The highest BCUT2D eigenvalue weighted by Crippen LogP contribution is 2.13. The molecule has 3 rings (SSSR count). The Bertz CT molecular complexity index is 781. The van der Waals surface area contributed by atoms with Gasteiger partial charge in [0.15, 0.2) is 10.4 Å². The summed E-state index contributed by atoms with van der Waals surface area (Å²) in [6, 6.07) is 2.05. The molecule has 7 heteroatoms. The first-order valence-corrected chi connectivity index (χ1v) is 6.44. The van der Waals surface area contributed by atoms with Gasteiger partial charge in [-0.15, -0.1) is 10.2 Å². The van der Waals surface area contributed by atoms with Crippen LogP contribution in [0.1, 0.15) is 11.4 Å². The highest BCUT2D eigenvalue weighted by molar-refractivity contribution is 7.71. The van der Waals surface area contributed by atoms with Crippen LogP contribution in [0.5, 0.6) is 0 Å². The summed E-state index contributed by atoms with van der Waals surface area (Å²) >= 11 is 5.35. The molecule has 98 valence electrons. The lowest BCUT2D eigenvalue weighted by molar-refractivity contribution is 0.652. The average molecular weight is 274 g/mol. The van der Waals surface area contributed by atoms with Gasteiger partial charge in [0.25, 0.3) is 0 Å². The number of H-pyrrole nitrogens is 1. The van der Waals surface area contributed by atoms with Crippen molar-refractivity contribution in [1.29, 1.82) is 0 Å². The molecule has 0 aromatic carbocycles. The fourth-order valence-corrected chi connectivity index (χ4v) is 2.39. The molecule has 0 radical (unpaired) electrons. The molecule has 0 amide bonds. The van der Waals surface area contributed by atoms with E-state index < -0.39 is 0 Å². The number of rotatable bonds is 3. The maximum absolute atomic E-state index is 5.35. The van der Waals surface area contributed by atoms with Crippen LogP contribution in [-0.4, -0.2) is 29.3 Å². The van der Waals surface area contributed by atoms with Gasteiger partial charge in [-0.05, 0) is 30.8 Å². The van der Waals surface area contributed by atoms with Crippen molar-refractivity contribution in [3.63, 3.8) is 0 Å². The lowest BCUT2D eigenvalue weighted by Gasteiger charge is -2.03. The van der Waals surface area contributed by atoms with Crippen molar-refractivity contribution in [2.24, 2.45) is 7.05 Å². The Hall–Kier alpha value is -2.02. The number of nitrogens with zero attached hydrogens (tertiary/aromatic N) is 5. The van der Waals surface area contributed by atoms with E-state index in [0.717, 1.165) is 35.5 Å². The fraction of sp³-hybridized carbons (Fsp3) is 0.333. The van der Waals surface area contributed by atoms with Crippen molar-refractivity contribution >= 4 is 23.4 Å². The van der Waals surface area contributed by atoms with Crippen molar-refractivity contribution < 1.29 is 0 Å². The van der Waals surface area contributed by atoms with Crippen LogP contribution in [0.15, 0.2) is 18.6 Å². The Labute approximate surface area is 115 Å². The molecule has 0 unspecified atom stereocenters. The second-order valence-corrected chi connectivity index (χ2v) is 4.96. The quantitative estimate of drug-likeness (QED) is 0.739. The molecule has 6 nitrogen and oxygen atoms in total. The van der Waals surface area contributed by atoms with Gasteiger partial charge in [-0.2, -0.15) is 0 Å². The number of imidazole rings is 1. The highest BCUT2D eigenvalue weighted by Gasteiger charge is 2.07. The zero-order valence-electron chi connectivity index (χ0n) is 10.8. The van der Waals surface area contributed by atoms with Crippen LogP contribution >= 0.6 is 12.2 Å². The van der Waals surface area contributed by atoms with Gasteiger partial charge in [-0.3, -0.25) is 0 Å². The van der Waals surface area contributed by atoms with Gasteiger partial charge in [0, 0.05) is 26.2 Å².